The third kappa shape index (κ3) is 0.813. The van der Waals surface area contributed by atoms with E-state index >= 15 is 0 Å². The molecule has 0 aromatic heterocycles. The van der Waals surface area contributed by atoms with E-state index in [4.69, 9.17) is 9.47 Å². The molecule has 0 atom stereocenters. The van der Waals surface area contributed by atoms with Gasteiger partial charge in [-0.3, -0.25) is 0 Å². The Labute approximate surface area is 71.9 Å². The average Bonchev–Trinajstić information content (AvgIpc) is 2.08. The molecule has 3 nitrogen and oxygen atoms in total. The van der Waals surface area contributed by atoms with Gasteiger partial charge in [-0.2, -0.15) is 0 Å². The standard InChI is InChI=1S/C9H10O2.H3N/c1-10-9(11-2)7-4-3-5-8(9)6-7;/h3-6H,1-2H3;1H3. The molecule has 0 saturated carbocycles. The smallest absolute Gasteiger partial charge is 0.221 e. The molecule has 0 saturated heterocycles. The average molecular weight is 167 g/mol. The van der Waals surface area contributed by atoms with Gasteiger partial charge in [0.25, 0.3) is 0 Å². The molecule has 2 aliphatic carbocycles. The van der Waals surface area contributed by atoms with Crippen LogP contribution >= 0.6 is 0 Å². The molecule has 1 aromatic carbocycles. The molecule has 0 aliphatic heterocycles. The zero-order valence-corrected chi connectivity index (χ0v) is 7.33. The molecule has 2 aliphatic rings. The Balaban J connectivity index is 0.000000720. The molecular weight excluding hydrogens is 154 g/mol. The Morgan fingerprint density at radius 2 is 1.58 bits per heavy atom. The normalized spacial score (nSPS) is 16.2. The third-order valence-corrected chi connectivity index (χ3v) is 2.20. The van der Waals surface area contributed by atoms with Crippen molar-refractivity contribution >= 4 is 0 Å². The van der Waals surface area contributed by atoms with E-state index in [1.807, 2.05) is 18.2 Å². The van der Waals surface area contributed by atoms with Gasteiger partial charge in [-0.25, -0.2) is 0 Å². The maximum atomic E-state index is 5.28. The highest BCUT2D eigenvalue weighted by Gasteiger charge is 2.41. The number of rotatable bonds is 2. The van der Waals surface area contributed by atoms with E-state index in [0.29, 0.717) is 0 Å². The largest absolute Gasteiger partial charge is 0.346 e. The molecule has 3 rings (SSSR count). The summed E-state index contributed by atoms with van der Waals surface area (Å²) in [6.45, 7) is 0. The lowest BCUT2D eigenvalue weighted by molar-refractivity contribution is -0.193. The second-order valence-corrected chi connectivity index (χ2v) is 2.61. The molecule has 0 amide bonds. The monoisotopic (exact) mass is 167 g/mol. The third-order valence-electron chi connectivity index (χ3n) is 2.20. The van der Waals surface area contributed by atoms with Gasteiger partial charge in [0, 0.05) is 25.3 Å². The summed E-state index contributed by atoms with van der Waals surface area (Å²) in [6.07, 6.45) is 0. The first kappa shape index (κ1) is 9.19. The van der Waals surface area contributed by atoms with Gasteiger partial charge in [0.2, 0.25) is 5.79 Å². The Morgan fingerprint density at radius 1 is 1.08 bits per heavy atom. The summed E-state index contributed by atoms with van der Waals surface area (Å²) < 4.78 is 10.6. The van der Waals surface area contributed by atoms with Crippen LogP contribution in [-0.4, -0.2) is 14.2 Å². The van der Waals surface area contributed by atoms with Crippen LogP contribution in [0.3, 0.4) is 0 Å². The summed E-state index contributed by atoms with van der Waals surface area (Å²) in [5.74, 6) is -0.547. The summed E-state index contributed by atoms with van der Waals surface area (Å²) in [4.78, 5) is 0. The lowest BCUT2D eigenvalue weighted by Gasteiger charge is -2.38. The highest BCUT2D eigenvalue weighted by molar-refractivity contribution is 5.45. The molecule has 0 heterocycles. The SMILES string of the molecule is COC1(OC)c2cccc1c2.N. The summed E-state index contributed by atoms with van der Waals surface area (Å²) in [5.41, 5.74) is 2.19. The lowest BCUT2D eigenvalue weighted by Crippen LogP contribution is -2.38. The topological polar surface area (TPSA) is 53.5 Å². The van der Waals surface area contributed by atoms with E-state index in [9.17, 15) is 0 Å². The van der Waals surface area contributed by atoms with Gasteiger partial charge in [0.1, 0.15) is 0 Å². The zero-order valence-electron chi connectivity index (χ0n) is 7.33. The fourth-order valence-electron chi connectivity index (χ4n) is 1.57. The molecular formula is C9H13NO2. The highest BCUT2D eigenvalue weighted by Crippen LogP contribution is 2.42. The fraction of sp³-hybridized carbons (Fsp3) is 0.333. The van der Waals surface area contributed by atoms with Gasteiger partial charge in [0.05, 0.1) is 0 Å². The molecule has 3 heteroatoms. The van der Waals surface area contributed by atoms with Crippen molar-refractivity contribution in [2.24, 2.45) is 0 Å². The second-order valence-electron chi connectivity index (χ2n) is 2.61. The Hall–Kier alpha value is -0.900. The first-order chi connectivity index (χ1) is 5.33. The van der Waals surface area contributed by atoms with E-state index < -0.39 is 5.79 Å². The van der Waals surface area contributed by atoms with Crippen molar-refractivity contribution in [2.75, 3.05) is 14.2 Å². The Bertz CT molecular complexity index is 253. The van der Waals surface area contributed by atoms with Crippen LogP contribution in [0.4, 0.5) is 0 Å². The maximum absolute atomic E-state index is 5.28. The van der Waals surface area contributed by atoms with Crippen molar-refractivity contribution < 1.29 is 9.47 Å². The lowest BCUT2D eigenvalue weighted by atomic mass is 9.85. The zero-order chi connectivity index (χ0) is 7.90. The number of methoxy groups -OCH3 is 2. The molecule has 2 bridgehead atoms. The maximum Gasteiger partial charge on any atom is 0.221 e. The number of hydrogen-bond acceptors (Lipinski definition) is 3. The summed E-state index contributed by atoms with van der Waals surface area (Å²) >= 11 is 0. The summed E-state index contributed by atoms with van der Waals surface area (Å²) in [7, 11) is 3.31. The van der Waals surface area contributed by atoms with Crippen LogP contribution in [0.25, 0.3) is 0 Å². The summed E-state index contributed by atoms with van der Waals surface area (Å²) in [6, 6.07) is 8.06. The quantitative estimate of drug-likeness (QED) is 0.681. The van der Waals surface area contributed by atoms with Gasteiger partial charge < -0.3 is 15.6 Å². The van der Waals surface area contributed by atoms with Gasteiger partial charge >= 0.3 is 0 Å². The van der Waals surface area contributed by atoms with Crippen LogP contribution in [-0.2, 0) is 15.3 Å². The van der Waals surface area contributed by atoms with Crippen LogP contribution in [0, 0.1) is 0 Å². The minimum Gasteiger partial charge on any atom is -0.346 e. The molecule has 0 fully saturated rings. The first-order valence-corrected chi connectivity index (χ1v) is 3.55. The number of fused-ring (bicyclic) bond motifs is 2. The van der Waals surface area contributed by atoms with E-state index in [2.05, 4.69) is 6.07 Å². The minimum atomic E-state index is -0.547. The second kappa shape index (κ2) is 2.86. The van der Waals surface area contributed by atoms with E-state index in [0.717, 1.165) is 11.1 Å². The number of hydrogen-bond donors (Lipinski definition) is 1. The molecule has 0 unspecified atom stereocenters. The van der Waals surface area contributed by atoms with Crippen molar-refractivity contribution in [2.45, 2.75) is 5.79 Å². The van der Waals surface area contributed by atoms with E-state index in [-0.39, 0.29) is 6.15 Å². The Morgan fingerprint density at radius 3 is 1.83 bits per heavy atom. The fourth-order valence-corrected chi connectivity index (χ4v) is 1.57. The first-order valence-electron chi connectivity index (χ1n) is 3.55. The molecule has 3 N–H and O–H groups in total. The highest BCUT2D eigenvalue weighted by atomic mass is 16.7. The summed E-state index contributed by atoms with van der Waals surface area (Å²) in [5, 5.41) is 0. The molecule has 1 aromatic rings. The van der Waals surface area contributed by atoms with Gasteiger partial charge in [-0.15, -0.1) is 0 Å². The van der Waals surface area contributed by atoms with Gasteiger partial charge in [-0.1, -0.05) is 18.2 Å². The number of benzene rings is 1. The van der Waals surface area contributed by atoms with Crippen molar-refractivity contribution in [3.05, 3.63) is 35.4 Å². The molecule has 66 valence electrons. The van der Waals surface area contributed by atoms with Gasteiger partial charge in [-0.05, 0) is 6.07 Å². The van der Waals surface area contributed by atoms with Crippen molar-refractivity contribution in [3.8, 4) is 0 Å². The van der Waals surface area contributed by atoms with Crippen LogP contribution < -0.4 is 6.15 Å². The van der Waals surface area contributed by atoms with Crippen LogP contribution in [0.1, 0.15) is 11.1 Å². The molecule has 12 heavy (non-hydrogen) atoms. The predicted octanol–water partition coefficient (Wildman–Crippen LogP) is 1.66. The molecule has 0 spiro atoms. The Kier molecular flexibility index (Phi) is 2.19. The molecule has 0 radical (unpaired) electrons. The van der Waals surface area contributed by atoms with Crippen LogP contribution in [0.5, 0.6) is 0 Å². The van der Waals surface area contributed by atoms with Crippen LogP contribution in [0.2, 0.25) is 0 Å². The number of ether oxygens (including phenoxy) is 2. The van der Waals surface area contributed by atoms with Crippen LogP contribution in [0.15, 0.2) is 24.3 Å². The van der Waals surface area contributed by atoms with E-state index in [1.54, 1.807) is 14.2 Å². The minimum absolute atomic E-state index is 0. The predicted molar refractivity (Wildman–Crippen MR) is 46.3 cm³/mol. The van der Waals surface area contributed by atoms with E-state index in [1.165, 1.54) is 0 Å². The van der Waals surface area contributed by atoms with Crippen molar-refractivity contribution in [1.82, 2.24) is 6.15 Å². The van der Waals surface area contributed by atoms with Crippen molar-refractivity contribution in [1.29, 1.82) is 0 Å². The van der Waals surface area contributed by atoms with Crippen molar-refractivity contribution in [3.63, 3.8) is 0 Å². The van der Waals surface area contributed by atoms with Gasteiger partial charge in [0.15, 0.2) is 0 Å².